The number of aliphatic carboxylic acids is 1. The van der Waals surface area contributed by atoms with Gasteiger partial charge in [-0.2, -0.15) is 0 Å². The Balaban J connectivity index is 1.73. The highest BCUT2D eigenvalue weighted by atomic mass is 16.4. The van der Waals surface area contributed by atoms with E-state index in [1.165, 1.54) is 0 Å². The van der Waals surface area contributed by atoms with Gasteiger partial charge in [-0.15, -0.1) is 0 Å². The molecule has 0 bridgehead atoms. The van der Waals surface area contributed by atoms with Crippen molar-refractivity contribution in [3.8, 4) is 0 Å². The Labute approximate surface area is 129 Å². The van der Waals surface area contributed by atoms with Crippen molar-refractivity contribution in [3.05, 3.63) is 18.5 Å². The van der Waals surface area contributed by atoms with Crippen LogP contribution in [0.25, 0.3) is 0 Å². The minimum absolute atomic E-state index is 0.00813. The van der Waals surface area contributed by atoms with Crippen LogP contribution >= 0.6 is 0 Å². The van der Waals surface area contributed by atoms with Crippen LogP contribution < -0.4 is 10.2 Å². The van der Waals surface area contributed by atoms with E-state index in [2.05, 4.69) is 20.2 Å². The Bertz CT molecular complexity index is 495. The fourth-order valence-electron chi connectivity index (χ4n) is 2.59. The number of anilines is 1. The number of carboxylic acid groups (broad SMARTS) is 1. The third kappa shape index (κ3) is 5.31. The summed E-state index contributed by atoms with van der Waals surface area (Å²) in [6.45, 7) is 1.61. The third-order valence-electron chi connectivity index (χ3n) is 3.67. The van der Waals surface area contributed by atoms with Gasteiger partial charge in [-0.1, -0.05) is 0 Å². The molecule has 1 unspecified atom stereocenters. The minimum Gasteiger partial charge on any atom is -0.481 e. The molecule has 1 aromatic heterocycles. The summed E-state index contributed by atoms with van der Waals surface area (Å²) < 4.78 is 0. The standard InChI is InChI=1S/C15H22N4O3/c20-13(6-1-2-7-14(21)22)18-12-5-3-10-19(11-12)15-16-8-4-9-17-15/h4,8-9,12H,1-3,5-7,10-11H2,(H,18,20)(H,21,22). The quantitative estimate of drug-likeness (QED) is 0.735. The summed E-state index contributed by atoms with van der Waals surface area (Å²) >= 11 is 0. The van der Waals surface area contributed by atoms with Gasteiger partial charge in [0.15, 0.2) is 0 Å². The van der Waals surface area contributed by atoms with Crippen molar-refractivity contribution in [1.29, 1.82) is 0 Å². The first-order valence-electron chi connectivity index (χ1n) is 7.68. The molecule has 2 heterocycles. The molecule has 22 heavy (non-hydrogen) atoms. The van der Waals surface area contributed by atoms with E-state index in [4.69, 9.17) is 5.11 Å². The van der Waals surface area contributed by atoms with E-state index in [0.29, 0.717) is 31.8 Å². The van der Waals surface area contributed by atoms with Gasteiger partial charge in [0.25, 0.3) is 0 Å². The van der Waals surface area contributed by atoms with E-state index in [1.807, 2.05) is 0 Å². The molecule has 1 fully saturated rings. The lowest BCUT2D eigenvalue weighted by Gasteiger charge is -2.33. The average molecular weight is 306 g/mol. The lowest BCUT2D eigenvalue weighted by molar-refractivity contribution is -0.137. The van der Waals surface area contributed by atoms with Crippen LogP contribution in [0.15, 0.2) is 18.5 Å². The smallest absolute Gasteiger partial charge is 0.303 e. The Morgan fingerprint density at radius 2 is 2.00 bits per heavy atom. The predicted molar refractivity (Wildman–Crippen MR) is 81.5 cm³/mol. The molecule has 1 saturated heterocycles. The highest BCUT2D eigenvalue weighted by Crippen LogP contribution is 2.15. The summed E-state index contributed by atoms with van der Waals surface area (Å²) in [7, 11) is 0. The molecule has 2 N–H and O–H groups in total. The number of hydrogen-bond acceptors (Lipinski definition) is 5. The van der Waals surface area contributed by atoms with E-state index in [9.17, 15) is 9.59 Å². The SMILES string of the molecule is O=C(O)CCCCC(=O)NC1CCCN(c2ncccn2)C1. The number of nitrogens with zero attached hydrogens (tertiary/aromatic N) is 3. The third-order valence-corrected chi connectivity index (χ3v) is 3.67. The molecule has 0 radical (unpaired) electrons. The molecular weight excluding hydrogens is 284 g/mol. The summed E-state index contributed by atoms with van der Waals surface area (Å²) in [5, 5.41) is 11.6. The Morgan fingerprint density at radius 3 is 2.73 bits per heavy atom. The van der Waals surface area contributed by atoms with E-state index in [-0.39, 0.29) is 18.4 Å². The number of rotatable bonds is 7. The normalized spacial score (nSPS) is 18.0. The van der Waals surface area contributed by atoms with Gasteiger partial charge in [-0.3, -0.25) is 9.59 Å². The fourth-order valence-corrected chi connectivity index (χ4v) is 2.59. The van der Waals surface area contributed by atoms with Crippen molar-refractivity contribution in [2.24, 2.45) is 0 Å². The zero-order chi connectivity index (χ0) is 15.8. The first-order chi connectivity index (χ1) is 10.6. The zero-order valence-corrected chi connectivity index (χ0v) is 12.6. The van der Waals surface area contributed by atoms with Crippen LogP contribution in [0.4, 0.5) is 5.95 Å². The second kappa shape index (κ2) is 8.31. The van der Waals surface area contributed by atoms with Crippen molar-refractivity contribution >= 4 is 17.8 Å². The van der Waals surface area contributed by atoms with Crippen molar-refractivity contribution in [3.63, 3.8) is 0 Å². The van der Waals surface area contributed by atoms with E-state index in [0.717, 1.165) is 19.4 Å². The molecular formula is C15H22N4O3. The summed E-state index contributed by atoms with van der Waals surface area (Å²) in [5.41, 5.74) is 0. The van der Waals surface area contributed by atoms with Crippen molar-refractivity contribution in [1.82, 2.24) is 15.3 Å². The molecule has 1 aliphatic rings. The first kappa shape index (κ1) is 16.2. The van der Waals surface area contributed by atoms with Crippen LogP contribution in [0.5, 0.6) is 0 Å². The monoisotopic (exact) mass is 306 g/mol. The largest absolute Gasteiger partial charge is 0.481 e. The van der Waals surface area contributed by atoms with Crippen molar-refractivity contribution < 1.29 is 14.7 Å². The highest BCUT2D eigenvalue weighted by molar-refractivity contribution is 5.76. The van der Waals surface area contributed by atoms with Gasteiger partial charge < -0.3 is 15.3 Å². The number of carbonyl (C=O) groups is 2. The van der Waals surface area contributed by atoms with Gasteiger partial charge in [0.2, 0.25) is 11.9 Å². The Hall–Kier alpha value is -2.18. The summed E-state index contributed by atoms with van der Waals surface area (Å²) in [6.07, 6.45) is 7.02. The first-order valence-corrected chi connectivity index (χ1v) is 7.68. The van der Waals surface area contributed by atoms with Crippen LogP contribution in [0, 0.1) is 0 Å². The van der Waals surface area contributed by atoms with Crippen molar-refractivity contribution in [2.75, 3.05) is 18.0 Å². The topological polar surface area (TPSA) is 95.4 Å². The van der Waals surface area contributed by atoms with Gasteiger partial charge in [0, 0.05) is 44.4 Å². The summed E-state index contributed by atoms with van der Waals surface area (Å²) in [6, 6.07) is 1.88. The van der Waals surface area contributed by atoms with Gasteiger partial charge in [-0.05, 0) is 31.7 Å². The van der Waals surface area contributed by atoms with Crippen molar-refractivity contribution in [2.45, 2.75) is 44.6 Å². The van der Waals surface area contributed by atoms with Crippen LogP contribution in [0.2, 0.25) is 0 Å². The molecule has 0 saturated carbocycles. The fraction of sp³-hybridized carbons (Fsp3) is 0.600. The van der Waals surface area contributed by atoms with E-state index < -0.39 is 5.97 Å². The van der Waals surface area contributed by atoms with Crippen LogP contribution in [-0.2, 0) is 9.59 Å². The number of carboxylic acids is 1. The molecule has 0 spiro atoms. The van der Waals surface area contributed by atoms with Gasteiger partial charge in [-0.25, -0.2) is 9.97 Å². The molecule has 0 aliphatic carbocycles. The molecule has 7 nitrogen and oxygen atoms in total. The molecule has 0 aromatic carbocycles. The Morgan fingerprint density at radius 1 is 1.27 bits per heavy atom. The summed E-state index contributed by atoms with van der Waals surface area (Å²) in [4.78, 5) is 32.9. The molecule has 1 aliphatic heterocycles. The van der Waals surface area contributed by atoms with Crippen LogP contribution in [0.1, 0.15) is 38.5 Å². The van der Waals surface area contributed by atoms with Gasteiger partial charge >= 0.3 is 5.97 Å². The second-order valence-corrected chi connectivity index (χ2v) is 5.50. The van der Waals surface area contributed by atoms with Gasteiger partial charge in [0.1, 0.15) is 0 Å². The van der Waals surface area contributed by atoms with Gasteiger partial charge in [0.05, 0.1) is 0 Å². The lowest BCUT2D eigenvalue weighted by Crippen LogP contribution is -2.48. The zero-order valence-electron chi connectivity index (χ0n) is 12.6. The number of amides is 1. The maximum absolute atomic E-state index is 11.9. The number of unbranched alkanes of at least 4 members (excludes halogenated alkanes) is 1. The molecule has 120 valence electrons. The average Bonchev–Trinajstić information content (AvgIpc) is 2.52. The van der Waals surface area contributed by atoms with Crippen LogP contribution in [0.3, 0.4) is 0 Å². The second-order valence-electron chi connectivity index (χ2n) is 5.50. The number of piperidine rings is 1. The Kier molecular flexibility index (Phi) is 6.12. The van der Waals surface area contributed by atoms with Crippen LogP contribution in [-0.4, -0.2) is 46.1 Å². The molecule has 1 atom stereocenters. The van der Waals surface area contributed by atoms with E-state index >= 15 is 0 Å². The summed E-state index contributed by atoms with van der Waals surface area (Å²) in [5.74, 6) is -0.125. The molecule has 7 heteroatoms. The number of nitrogens with one attached hydrogen (secondary N) is 1. The lowest BCUT2D eigenvalue weighted by atomic mass is 10.1. The number of carbonyl (C=O) groups excluding carboxylic acids is 1. The maximum atomic E-state index is 11.9. The minimum atomic E-state index is -0.814. The molecule has 2 rings (SSSR count). The number of aromatic nitrogens is 2. The van der Waals surface area contributed by atoms with E-state index in [1.54, 1.807) is 18.5 Å². The molecule has 1 amide bonds. The predicted octanol–water partition coefficient (Wildman–Crippen LogP) is 1.21. The highest BCUT2D eigenvalue weighted by Gasteiger charge is 2.22. The molecule has 1 aromatic rings. The number of hydrogen-bond donors (Lipinski definition) is 2. The maximum Gasteiger partial charge on any atom is 0.303 e.